The summed E-state index contributed by atoms with van der Waals surface area (Å²) in [6.07, 6.45) is 5.17. The van der Waals surface area contributed by atoms with Crippen LogP contribution >= 0.6 is 0 Å². The number of hydrogen-bond donors (Lipinski definition) is 1. The summed E-state index contributed by atoms with van der Waals surface area (Å²) in [7, 11) is 1.77. The van der Waals surface area contributed by atoms with Gasteiger partial charge in [-0.2, -0.15) is 15.0 Å². The lowest BCUT2D eigenvalue weighted by atomic mass is 10.2. The number of nitrogens with zero attached hydrogens (tertiary/aromatic N) is 9. The number of likely N-dealkylation sites (N-methyl/N-ethyl adjacent to an activating group) is 1. The van der Waals surface area contributed by atoms with Crippen LogP contribution in [0.2, 0.25) is 0 Å². The van der Waals surface area contributed by atoms with E-state index >= 15 is 0 Å². The van der Waals surface area contributed by atoms with Crippen molar-refractivity contribution in [3.8, 4) is 0 Å². The van der Waals surface area contributed by atoms with Gasteiger partial charge in [0.15, 0.2) is 0 Å². The second-order valence-electron chi connectivity index (χ2n) is 8.86. The lowest BCUT2D eigenvalue weighted by molar-refractivity contribution is -0.127. The molecule has 2 aliphatic heterocycles. The number of amides is 3. The number of carbonyl (C=O) groups excluding carboxylic acids is 2. The van der Waals surface area contributed by atoms with Crippen LogP contribution in [-0.4, -0.2) is 97.0 Å². The van der Waals surface area contributed by atoms with Crippen LogP contribution in [0.3, 0.4) is 0 Å². The third-order valence-electron chi connectivity index (χ3n) is 6.13. The van der Waals surface area contributed by atoms with Gasteiger partial charge in [-0.15, -0.1) is 0 Å². The maximum absolute atomic E-state index is 12.5. The lowest BCUT2D eigenvalue weighted by Gasteiger charge is -2.34. The second-order valence-corrected chi connectivity index (χ2v) is 8.86. The van der Waals surface area contributed by atoms with Crippen LogP contribution in [0.1, 0.15) is 31.4 Å². The normalized spacial score (nSPS) is 20.1. The number of urea groups is 1. The fourth-order valence-electron chi connectivity index (χ4n) is 4.27. The summed E-state index contributed by atoms with van der Waals surface area (Å²) in [4.78, 5) is 49.4. The number of carbonyl (C=O) groups is 2. The van der Waals surface area contributed by atoms with Gasteiger partial charge in [-0.1, -0.05) is 6.58 Å². The average molecular weight is 469 g/mol. The van der Waals surface area contributed by atoms with Crippen molar-refractivity contribution >= 4 is 23.8 Å². The highest BCUT2D eigenvalue weighted by atomic mass is 16.2. The van der Waals surface area contributed by atoms with Gasteiger partial charge < -0.3 is 19.7 Å². The minimum atomic E-state index is -0.146. The third-order valence-corrected chi connectivity index (χ3v) is 6.13. The van der Waals surface area contributed by atoms with E-state index in [9.17, 15) is 9.59 Å². The third kappa shape index (κ3) is 5.01. The molecule has 0 aromatic carbocycles. The van der Waals surface area contributed by atoms with E-state index in [0.29, 0.717) is 44.0 Å². The lowest BCUT2D eigenvalue weighted by Crippen LogP contribution is -2.48. The van der Waals surface area contributed by atoms with Crippen molar-refractivity contribution in [2.45, 2.75) is 39.5 Å². The van der Waals surface area contributed by atoms with Crippen LogP contribution in [0, 0.1) is 6.92 Å². The Morgan fingerprint density at radius 1 is 1.26 bits per heavy atom. The van der Waals surface area contributed by atoms with Crippen LogP contribution in [0.5, 0.6) is 0 Å². The quantitative estimate of drug-likeness (QED) is 0.601. The van der Waals surface area contributed by atoms with Crippen molar-refractivity contribution in [1.29, 1.82) is 0 Å². The SMILES string of the molecule is C=CC(=O)N1CCN(Cn2cnc([C@H](C)Nc3nc(C)nc(N4C(=O)N(C)C[C@@H]4C)n3)c2)CC1. The maximum Gasteiger partial charge on any atom is 0.327 e. The smallest absolute Gasteiger partial charge is 0.327 e. The Morgan fingerprint density at radius 3 is 2.65 bits per heavy atom. The Labute approximate surface area is 199 Å². The van der Waals surface area contributed by atoms with Crippen molar-refractivity contribution in [2.75, 3.05) is 50.0 Å². The predicted octanol–water partition coefficient (Wildman–Crippen LogP) is 1.10. The number of imidazole rings is 1. The molecule has 0 aliphatic carbocycles. The number of aryl methyl sites for hydroxylation is 1. The highest BCUT2D eigenvalue weighted by molar-refractivity contribution is 5.93. The van der Waals surface area contributed by atoms with Gasteiger partial charge in [0.05, 0.1) is 30.8 Å². The first-order valence-electron chi connectivity index (χ1n) is 11.4. The summed E-state index contributed by atoms with van der Waals surface area (Å²) in [5.74, 6) is 1.27. The van der Waals surface area contributed by atoms with Crippen molar-refractivity contribution in [1.82, 2.24) is 39.2 Å². The predicted molar refractivity (Wildman–Crippen MR) is 127 cm³/mol. The van der Waals surface area contributed by atoms with Crippen molar-refractivity contribution in [3.05, 3.63) is 36.7 Å². The zero-order valence-electron chi connectivity index (χ0n) is 20.2. The molecule has 1 N–H and O–H groups in total. The molecule has 2 aromatic rings. The molecule has 0 unspecified atom stereocenters. The molecule has 2 saturated heterocycles. The van der Waals surface area contributed by atoms with Gasteiger partial charge in [-0.3, -0.25) is 14.6 Å². The molecule has 0 bridgehead atoms. The molecular weight excluding hydrogens is 436 g/mol. The van der Waals surface area contributed by atoms with Crippen molar-refractivity contribution in [3.63, 3.8) is 0 Å². The highest BCUT2D eigenvalue weighted by Gasteiger charge is 2.35. The van der Waals surface area contributed by atoms with Crippen LogP contribution in [0.15, 0.2) is 25.2 Å². The molecule has 0 radical (unpaired) electrons. The minimum Gasteiger partial charge on any atom is -0.346 e. The first kappa shape index (κ1) is 23.6. The Morgan fingerprint density at radius 2 is 2.00 bits per heavy atom. The molecule has 3 amide bonds. The van der Waals surface area contributed by atoms with Crippen LogP contribution in [0.4, 0.5) is 16.7 Å². The summed E-state index contributed by atoms with van der Waals surface area (Å²) in [5.41, 5.74) is 0.852. The van der Waals surface area contributed by atoms with Gasteiger partial charge in [0.2, 0.25) is 17.8 Å². The van der Waals surface area contributed by atoms with Crippen LogP contribution < -0.4 is 10.2 Å². The summed E-state index contributed by atoms with van der Waals surface area (Å²) >= 11 is 0. The minimum absolute atomic E-state index is 0.0166. The summed E-state index contributed by atoms with van der Waals surface area (Å²) in [5, 5.41) is 3.29. The van der Waals surface area contributed by atoms with Crippen molar-refractivity contribution < 1.29 is 9.59 Å². The van der Waals surface area contributed by atoms with Gasteiger partial charge >= 0.3 is 6.03 Å². The van der Waals surface area contributed by atoms with E-state index in [2.05, 4.69) is 36.7 Å². The number of hydrogen-bond acceptors (Lipinski definition) is 8. The average Bonchev–Trinajstić information content (AvgIpc) is 3.37. The van der Waals surface area contributed by atoms with E-state index < -0.39 is 0 Å². The zero-order chi connectivity index (χ0) is 24.4. The van der Waals surface area contributed by atoms with Gasteiger partial charge in [-0.05, 0) is 26.8 Å². The highest BCUT2D eigenvalue weighted by Crippen LogP contribution is 2.23. The number of anilines is 2. The first-order chi connectivity index (χ1) is 16.2. The standard InChI is InChI=1S/C22H32N10O2/c1-6-19(33)31-9-7-29(8-10-31)14-30-12-18(23-13-30)16(3)24-20-25-17(4)26-21(27-20)32-15(2)11-28(5)22(32)34/h6,12-13,15-16H,1,7-11,14H2,2-5H3,(H,24,25,26,27)/t15-,16-/m0/s1. The zero-order valence-corrected chi connectivity index (χ0v) is 20.2. The Balaban J connectivity index is 1.38. The number of nitrogens with one attached hydrogen (secondary N) is 1. The van der Waals surface area contributed by atoms with Crippen LogP contribution in [0.25, 0.3) is 0 Å². The molecular formula is C22H32N10O2. The van der Waals surface area contributed by atoms with E-state index in [1.807, 2.05) is 29.5 Å². The monoisotopic (exact) mass is 468 g/mol. The molecule has 12 nitrogen and oxygen atoms in total. The molecule has 34 heavy (non-hydrogen) atoms. The van der Waals surface area contributed by atoms with Gasteiger partial charge in [0.1, 0.15) is 5.82 Å². The van der Waals surface area contributed by atoms with E-state index in [1.165, 1.54) is 6.08 Å². The van der Waals surface area contributed by atoms with Crippen LogP contribution in [-0.2, 0) is 11.5 Å². The van der Waals surface area contributed by atoms with Gasteiger partial charge in [0.25, 0.3) is 0 Å². The molecule has 12 heteroatoms. The molecule has 0 saturated carbocycles. The molecule has 2 fully saturated rings. The van der Waals surface area contributed by atoms with E-state index in [0.717, 1.165) is 18.8 Å². The molecule has 0 spiro atoms. The van der Waals surface area contributed by atoms with E-state index in [-0.39, 0.29) is 24.0 Å². The Bertz CT molecular complexity index is 1060. The maximum atomic E-state index is 12.5. The topological polar surface area (TPSA) is 116 Å². The van der Waals surface area contributed by atoms with E-state index in [4.69, 9.17) is 0 Å². The summed E-state index contributed by atoms with van der Waals surface area (Å²) < 4.78 is 2.03. The molecule has 2 atom stereocenters. The number of rotatable bonds is 7. The van der Waals surface area contributed by atoms with Gasteiger partial charge in [-0.25, -0.2) is 9.78 Å². The molecule has 2 aliphatic rings. The largest absolute Gasteiger partial charge is 0.346 e. The fraction of sp³-hybridized carbons (Fsp3) is 0.545. The van der Waals surface area contributed by atoms with Crippen molar-refractivity contribution in [2.24, 2.45) is 0 Å². The first-order valence-corrected chi connectivity index (χ1v) is 11.4. The second kappa shape index (κ2) is 9.75. The van der Waals surface area contributed by atoms with Gasteiger partial charge in [0, 0.05) is 46.0 Å². The molecule has 182 valence electrons. The molecule has 4 rings (SSSR count). The Hall–Kier alpha value is -3.54. The van der Waals surface area contributed by atoms with E-state index in [1.54, 1.807) is 30.1 Å². The molecule has 4 heterocycles. The fourth-order valence-corrected chi connectivity index (χ4v) is 4.27. The summed E-state index contributed by atoms with van der Waals surface area (Å²) in [6.45, 7) is 13.6. The Kier molecular flexibility index (Phi) is 6.77. The number of piperazine rings is 1. The number of aromatic nitrogens is 5. The molecule has 2 aromatic heterocycles. The summed E-state index contributed by atoms with van der Waals surface area (Å²) in [6, 6.07) is -0.283.